The van der Waals surface area contributed by atoms with Crippen LogP contribution in [0.2, 0.25) is 0 Å². The molecule has 0 spiro atoms. The van der Waals surface area contributed by atoms with E-state index in [2.05, 4.69) is 6.58 Å². The number of nitriles is 1. The van der Waals surface area contributed by atoms with Crippen LogP contribution in [0.15, 0.2) is 12.7 Å². The lowest BCUT2D eigenvalue weighted by Gasteiger charge is -2.26. The van der Waals surface area contributed by atoms with E-state index in [-0.39, 0.29) is 6.07 Å². The molecule has 0 rings (SSSR count). The number of nitrogens with zero attached hydrogens (tertiary/aromatic N) is 1. The molecule has 7 heteroatoms. The number of hydrogen-bond donors (Lipinski definition) is 0. The highest BCUT2D eigenvalue weighted by Crippen LogP contribution is 2.45. The monoisotopic (exact) mass is 203 g/mol. The molecule has 0 radical (unpaired) electrons. The molecule has 0 aliphatic heterocycles. The van der Waals surface area contributed by atoms with E-state index in [0.717, 1.165) is 0 Å². The zero-order valence-corrected chi connectivity index (χ0v) is 6.00. The second-order valence-electron chi connectivity index (χ2n) is 2.09. The molecule has 0 aliphatic carbocycles. The zero-order chi connectivity index (χ0) is 10.9. The minimum atomic E-state index is -5.75. The van der Waals surface area contributed by atoms with E-state index in [9.17, 15) is 26.3 Å². The van der Waals surface area contributed by atoms with Crippen LogP contribution in [-0.2, 0) is 0 Å². The predicted octanol–water partition coefficient (Wildman–Crippen LogP) is 2.60. The van der Waals surface area contributed by atoms with Gasteiger partial charge in [0.05, 0.1) is 0 Å². The van der Waals surface area contributed by atoms with E-state index >= 15 is 0 Å². The average molecular weight is 203 g/mol. The SMILES string of the molecule is C=CC(F)(F)C(F)(F)C(F)(F)C#N. The zero-order valence-electron chi connectivity index (χ0n) is 6.00. The van der Waals surface area contributed by atoms with Gasteiger partial charge in [-0.1, -0.05) is 6.58 Å². The van der Waals surface area contributed by atoms with Gasteiger partial charge in [0.1, 0.15) is 6.07 Å². The molecule has 0 bridgehead atoms. The Kier molecular flexibility index (Phi) is 2.67. The van der Waals surface area contributed by atoms with Crippen molar-refractivity contribution in [2.45, 2.75) is 17.8 Å². The second-order valence-corrected chi connectivity index (χ2v) is 2.09. The van der Waals surface area contributed by atoms with Crippen molar-refractivity contribution in [3.8, 4) is 6.07 Å². The number of rotatable bonds is 3. The van der Waals surface area contributed by atoms with Crippen LogP contribution in [0.4, 0.5) is 26.3 Å². The summed E-state index contributed by atoms with van der Waals surface area (Å²) in [5, 5.41) is 7.54. The molecule has 0 aromatic heterocycles. The highest BCUT2D eigenvalue weighted by molar-refractivity contribution is 5.12. The number of alkyl halides is 6. The third kappa shape index (κ3) is 1.61. The third-order valence-electron chi connectivity index (χ3n) is 1.21. The Morgan fingerprint density at radius 3 is 1.69 bits per heavy atom. The van der Waals surface area contributed by atoms with Gasteiger partial charge in [-0.05, 0) is 6.08 Å². The standard InChI is InChI=1S/C6H3F6N/c1-2-4(7,8)6(11,12)5(9,10)3-13/h2H,1H2. The Balaban J connectivity index is 5.22. The maximum atomic E-state index is 12.2. The Morgan fingerprint density at radius 1 is 1.08 bits per heavy atom. The quantitative estimate of drug-likeness (QED) is 0.510. The van der Waals surface area contributed by atoms with Gasteiger partial charge in [0.2, 0.25) is 0 Å². The van der Waals surface area contributed by atoms with Crippen LogP contribution < -0.4 is 0 Å². The summed E-state index contributed by atoms with van der Waals surface area (Å²) in [4.78, 5) is 0. The third-order valence-corrected chi connectivity index (χ3v) is 1.21. The first-order valence-electron chi connectivity index (χ1n) is 2.80. The summed E-state index contributed by atoms with van der Waals surface area (Å²) < 4.78 is 72.5. The molecule has 1 nitrogen and oxygen atoms in total. The predicted molar refractivity (Wildman–Crippen MR) is 30.7 cm³/mol. The van der Waals surface area contributed by atoms with Crippen LogP contribution in [0.25, 0.3) is 0 Å². The van der Waals surface area contributed by atoms with Crippen molar-refractivity contribution < 1.29 is 26.3 Å². The molecule has 0 unspecified atom stereocenters. The van der Waals surface area contributed by atoms with Crippen molar-refractivity contribution in [1.82, 2.24) is 0 Å². The van der Waals surface area contributed by atoms with Crippen LogP contribution in [-0.4, -0.2) is 17.8 Å². The smallest absolute Gasteiger partial charge is 0.195 e. The van der Waals surface area contributed by atoms with Gasteiger partial charge in [0.25, 0.3) is 0 Å². The lowest BCUT2D eigenvalue weighted by atomic mass is 10.1. The highest BCUT2D eigenvalue weighted by Gasteiger charge is 2.70. The molecule has 0 fully saturated rings. The molecule has 0 heterocycles. The van der Waals surface area contributed by atoms with Crippen molar-refractivity contribution >= 4 is 0 Å². The van der Waals surface area contributed by atoms with Crippen LogP contribution in [0.1, 0.15) is 0 Å². The molecular weight excluding hydrogens is 200 g/mol. The van der Waals surface area contributed by atoms with Gasteiger partial charge in [0, 0.05) is 0 Å². The summed E-state index contributed by atoms with van der Waals surface area (Å²) >= 11 is 0. The van der Waals surface area contributed by atoms with E-state index in [0.29, 0.717) is 0 Å². The van der Waals surface area contributed by atoms with Crippen molar-refractivity contribution in [3.63, 3.8) is 0 Å². The molecule has 0 atom stereocenters. The average Bonchev–Trinajstić information content (AvgIpc) is 2.03. The minimum Gasteiger partial charge on any atom is -0.195 e. The van der Waals surface area contributed by atoms with Gasteiger partial charge >= 0.3 is 17.8 Å². The summed E-state index contributed by atoms with van der Waals surface area (Å²) in [6, 6.07) is -0.189. The van der Waals surface area contributed by atoms with Crippen molar-refractivity contribution in [3.05, 3.63) is 12.7 Å². The van der Waals surface area contributed by atoms with E-state index in [4.69, 9.17) is 5.26 Å². The van der Waals surface area contributed by atoms with E-state index in [1.807, 2.05) is 0 Å². The lowest BCUT2D eigenvalue weighted by molar-refractivity contribution is -0.270. The first-order valence-corrected chi connectivity index (χ1v) is 2.80. The molecule has 0 aliphatic rings. The Morgan fingerprint density at radius 2 is 1.46 bits per heavy atom. The number of halogens is 6. The van der Waals surface area contributed by atoms with Gasteiger partial charge in [-0.15, -0.1) is 0 Å². The van der Waals surface area contributed by atoms with E-state index in [1.54, 1.807) is 0 Å². The topological polar surface area (TPSA) is 23.8 Å². The van der Waals surface area contributed by atoms with Gasteiger partial charge in [-0.25, -0.2) is 0 Å². The first-order chi connectivity index (χ1) is 5.62. The van der Waals surface area contributed by atoms with Crippen molar-refractivity contribution in [2.75, 3.05) is 0 Å². The molecule has 74 valence electrons. The van der Waals surface area contributed by atoms with Crippen LogP contribution >= 0.6 is 0 Å². The Bertz CT molecular complexity index is 250. The summed E-state index contributed by atoms with van der Waals surface area (Å²) in [7, 11) is 0. The van der Waals surface area contributed by atoms with Gasteiger partial charge < -0.3 is 0 Å². The fourth-order valence-electron chi connectivity index (χ4n) is 0.408. The van der Waals surface area contributed by atoms with Gasteiger partial charge in [-0.3, -0.25) is 0 Å². The summed E-state index contributed by atoms with van der Waals surface area (Å²) in [5.74, 6) is -16.3. The fraction of sp³-hybridized carbons (Fsp3) is 0.500. The van der Waals surface area contributed by atoms with Crippen molar-refractivity contribution in [2.24, 2.45) is 0 Å². The molecule has 0 aromatic carbocycles. The van der Waals surface area contributed by atoms with Crippen LogP contribution in [0.5, 0.6) is 0 Å². The van der Waals surface area contributed by atoms with Crippen molar-refractivity contribution in [1.29, 1.82) is 5.26 Å². The maximum absolute atomic E-state index is 12.2. The summed E-state index contributed by atoms with van der Waals surface area (Å²) in [5.41, 5.74) is 0. The number of allylic oxidation sites excluding steroid dienone is 1. The molecular formula is C6H3F6N. The summed E-state index contributed by atoms with van der Waals surface area (Å²) in [6.07, 6.45) is -0.627. The van der Waals surface area contributed by atoms with Gasteiger partial charge in [0.15, 0.2) is 0 Å². The fourth-order valence-corrected chi connectivity index (χ4v) is 0.408. The summed E-state index contributed by atoms with van der Waals surface area (Å²) in [6.45, 7) is 2.27. The Hall–Kier alpha value is -1.19. The molecule has 13 heavy (non-hydrogen) atoms. The van der Waals surface area contributed by atoms with Crippen LogP contribution in [0, 0.1) is 11.3 Å². The number of hydrogen-bond acceptors (Lipinski definition) is 1. The molecule has 0 N–H and O–H groups in total. The van der Waals surface area contributed by atoms with Gasteiger partial charge in [-0.2, -0.15) is 31.6 Å². The lowest BCUT2D eigenvalue weighted by Crippen LogP contribution is -2.52. The van der Waals surface area contributed by atoms with E-state index < -0.39 is 23.8 Å². The first kappa shape index (κ1) is 11.8. The van der Waals surface area contributed by atoms with E-state index in [1.165, 1.54) is 0 Å². The normalized spacial score (nSPS) is 13.6. The van der Waals surface area contributed by atoms with Crippen LogP contribution in [0.3, 0.4) is 0 Å². The minimum absolute atomic E-state index is 0.189. The molecule has 0 amide bonds. The highest BCUT2D eigenvalue weighted by atomic mass is 19.3. The molecule has 0 saturated carbocycles. The molecule has 0 saturated heterocycles. The Labute approximate surface area is 69.3 Å². The molecule has 0 aromatic rings. The maximum Gasteiger partial charge on any atom is 0.400 e. The second kappa shape index (κ2) is 2.94. The largest absolute Gasteiger partial charge is 0.400 e.